The van der Waals surface area contributed by atoms with Gasteiger partial charge in [-0.25, -0.2) is 4.98 Å². The van der Waals surface area contributed by atoms with E-state index in [1.54, 1.807) is 30.5 Å². The summed E-state index contributed by atoms with van der Waals surface area (Å²) in [5.74, 6) is -0.144. The Morgan fingerprint density at radius 2 is 0.892 bits per heavy atom. The van der Waals surface area contributed by atoms with Gasteiger partial charge in [-0.15, -0.1) is 0 Å². The van der Waals surface area contributed by atoms with Crippen LogP contribution in [0.3, 0.4) is 0 Å². The zero-order valence-corrected chi connectivity index (χ0v) is 36.7. The molecule has 0 radical (unpaired) electrons. The van der Waals surface area contributed by atoms with E-state index in [-0.39, 0.29) is 32.3 Å². The number of ether oxygens (including phenoxy) is 3. The highest BCUT2D eigenvalue weighted by atomic mass is 32.2. The molecule has 8 rings (SSSR count). The lowest BCUT2D eigenvalue weighted by molar-refractivity contribution is -0.173. The van der Waals surface area contributed by atoms with Crippen molar-refractivity contribution in [2.24, 2.45) is 0 Å². The lowest BCUT2D eigenvalue weighted by Gasteiger charge is -2.40. The lowest BCUT2D eigenvalue weighted by atomic mass is 9.76. The average molecular weight is 885 g/mol. The van der Waals surface area contributed by atoms with Crippen molar-refractivity contribution in [1.29, 1.82) is 0 Å². The minimum absolute atomic E-state index is 0.0388. The first-order valence-electron chi connectivity index (χ1n) is 21.7. The Morgan fingerprint density at radius 3 is 1.34 bits per heavy atom. The third-order valence-electron chi connectivity index (χ3n) is 11.3. The van der Waals surface area contributed by atoms with E-state index in [0.717, 1.165) is 33.4 Å². The molecule has 0 aliphatic heterocycles. The second-order valence-corrected chi connectivity index (χ2v) is 17.4. The summed E-state index contributed by atoms with van der Waals surface area (Å²) >= 11 is 0. The number of aliphatic hydroxyl groups is 1. The molecular formula is C55H52N2O7S. The molecular weight excluding hydrogens is 833 g/mol. The van der Waals surface area contributed by atoms with Crippen molar-refractivity contribution in [3.8, 4) is 0 Å². The quantitative estimate of drug-likeness (QED) is 0.0530. The van der Waals surface area contributed by atoms with E-state index in [0.29, 0.717) is 5.56 Å². The second kappa shape index (κ2) is 21.9. The van der Waals surface area contributed by atoms with Gasteiger partial charge in [-0.2, -0.15) is 8.42 Å². The highest BCUT2D eigenvalue weighted by molar-refractivity contribution is 7.85. The second-order valence-electron chi connectivity index (χ2n) is 15.8. The highest BCUT2D eigenvalue weighted by Gasteiger charge is 2.45. The molecule has 0 bridgehead atoms. The Bertz CT molecular complexity index is 2630. The van der Waals surface area contributed by atoms with E-state index in [1.807, 2.05) is 162 Å². The van der Waals surface area contributed by atoms with Gasteiger partial charge in [-0.3, -0.25) is 4.18 Å². The number of aromatic nitrogens is 2. The zero-order chi connectivity index (χ0) is 44.7. The summed E-state index contributed by atoms with van der Waals surface area (Å²) in [7, 11) is -4.29. The van der Waals surface area contributed by atoms with E-state index >= 15 is 0 Å². The van der Waals surface area contributed by atoms with Gasteiger partial charge < -0.3 is 23.9 Å². The molecule has 0 aliphatic rings. The van der Waals surface area contributed by atoms with Gasteiger partial charge in [0.1, 0.15) is 41.5 Å². The number of rotatable bonds is 22. The molecule has 4 atom stereocenters. The van der Waals surface area contributed by atoms with Gasteiger partial charge in [0, 0.05) is 12.4 Å². The standard InChI is InChI=1S/C55H52N2O7S/c58-51(54-56-36-37-57(54)55(47-30-16-5-17-31-47,48-32-18-6-19-33-48)49-34-20-7-21-35-49)53(63-40-45-26-12-3-13-27-45)52(62-39-44-24-10-2-11-25-44)50(41-61-38-43-22-8-1-9-23-43)64-65(59,60)42-46-28-14-4-15-29-46/h1-37,50-53,58H,38-42H2/t50-,51-,52-,53+/m1/s1. The van der Waals surface area contributed by atoms with E-state index in [2.05, 4.69) is 36.4 Å². The summed E-state index contributed by atoms with van der Waals surface area (Å²) < 4.78 is 56.7. The molecule has 0 unspecified atom stereocenters. The van der Waals surface area contributed by atoms with Crippen molar-refractivity contribution in [3.05, 3.63) is 269 Å². The third kappa shape index (κ3) is 11.2. The van der Waals surface area contributed by atoms with Crippen LogP contribution in [0.25, 0.3) is 0 Å². The summed E-state index contributed by atoms with van der Waals surface area (Å²) in [6.45, 7) is 0.0267. The number of nitrogens with zero attached hydrogens (tertiary/aromatic N) is 2. The van der Waals surface area contributed by atoms with Crippen LogP contribution in [0.4, 0.5) is 0 Å². The van der Waals surface area contributed by atoms with Crippen LogP contribution in [0.5, 0.6) is 0 Å². The fourth-order valence-electron chi connectivity index (χ4n) is 8.28. The van der Waals surface area contributed by atoms with Gasteiger partial charge >= 0.3 is 0 Å². The van der Waals surface area contributed by atoms with Crippen molar-refractivity contribution in [3.63, 3.8) is 0 Å². The number of imidazole rings is 1. The fraction of sp³-hybridized carbons (Fsp3) is 0.182. The Balaban J connectivity index is 1.28. The molecule has 330 valence electrons. The Morgan fingerprint density at radius 1 is 0.508 bits per heavy atom. The van der Waals surface area contributed by atoms with Gasteiger partial charge in [0.05, 0.1) is 26.4 Å². The third-order valence-corrected chi connectivity index (χ3v) is 12.5. The predicted molar refractivity (Wildman–Crippen MR) is 252 cm³/mol. The average Bonchev–Trinajstić information content (AvgIpc) is 3.85. The molecule has 10 heteroatoms. The molecule has 8 aromatic rings. The molecule has 1 heterocycles. The first kappa shape index (κ1) is 45.1. The van der Waals surface area contributed by atoms with Crippen molar-refractivity contribution >= 4 is 10.1 Å². The van der Waals surface area contributed by atoms with Crippen LogP contribution in [0.1, 0.15) is 50.9 Å². The SMILES string of the molecule is O=S(=O)(Cc1ccccc1)O[C@H](COCc1ccccc1)[C@@H](OCc1ccccc1)[C@@H](OCc1ccccc1)[C@@H](O)c1nccn1C(c1ccccc1)(c1ccccc1)c1ccccc1. The summed E-state index contributed by atoms with van der Waals surface area (Å²) in [6, 6.07) is 67.9. The van der Waals surface area contributed by atoms with E-state index in [1.165, 1.54) is 0 Å². The van der Waals surface area contributed by atoms with Crippen LogP contribution in [0, 0.1) is 0 Å². The van der Waals surface area contributed by atoms with Crippen LogP contribution in [0.15, 0.2) is 225 Å². The molecule has 1 N–H and O–H groups in total. The molecule has 0 spiro atoms. The Labute approximate surface area is 381 Å². The van der Waals surface area contributed by atoms with Gasteiger partial charge in [0.2, 0.25) is 0 Å². The van der Waals surface area contributed by atoms with Crippen molar-refractivity contribution in [1.82, 2.24) is 9.55 Å². The molecule has 7 aromatic carbocycles. The molecule has 0 amide bonds. The molecule has 9 nitrogen and oxygen atoms in total. The monoisotopic (exact) mass is 884 g/mol. The minimum atomic E-state index is -4.29. The van der Waals surface area contributed by atoms with Crippen molar-refractivity contribution < 1.29 is 31.9 Å². The van der Waals surface area contributed by atoms with E-state index in [9.17, 15) is 13.5 Å². The molecule has 0 aliphatic carbocycles. The van der Waals surface area contributed by atoms with Crippen LogP contribution >= 0.6 is 0 Å². The molecule has 0 saturated carbocycles. The van der Waals surface area contributed by atoms with Crippen LogP contribution in [-0.4, -0.2) is 48.0 Å². The maximum Gasteiger partial charge on any atom is 0.271 e. The lowest BCUT2D eigenvalue weighted by Crippen LogP contribution is -2.49. The number of hydrogen-bond acceptors (Lipinski definition) is 8. The first-order valence-corrected chi connectivity index (χ1v) is 23.2. The number of hydrogen-bond donors (Lipinski definition) is 1. The Kier molecular flexibility index (Phi) is 15.2. The van der Waals surface area contributed by atoms with E-state index in [4.69, 9.17) is 23.4 Å². The van der Waals surface area contributed by atoms with E-state index < -0.39 is 45.8 Å². The molecule has 65 heavy (non-hydrogen) atoms. The van der Waals surface area contributed by atoms with Crippen LogP contribution in [0.2, 0.25) is 0 Å². The largest absolute Gasteiger partial charge is 0.382 e. The molecule has 0 saturated heterocycles. The number of benzene rings is 7. The van der Waals surface area contributed by atoms with Gasteiger partial charge in [-0.1, -0.05) is 212 Å². The Hall–Kier alpha value is -6.50. The predicted octanol–water partition coefficient (Wildman–Crippen LogP) is 10.1. The van der Waals surface area contributed by atoms with Crippen molar-refractivity contribution in [2.45, 2.75) is 55.5 Å². The highest BCUT2D eigenvalue weighted by Crippen LogP contribution is 2.43. The van der Waals surface area contributed by atoms with Gasteiger partial charge in [-0.05, 0) is 38.9 Å². The normalized spacial score (nSPS) is 13.7. The van der Waals surface area contributed by atoms with Crippen molar-refractivity contribution in [2.75, 3.05) is 6.61 Å². The smallest absolute Gasteiger partial charge is 0.271 e. The molecule has 1 aromatic heterocycles. The summed E-state index contributed by atoms with van der Waals surface area (Å²) in [5, 5.41) is 13.3. The fourth-order valence-corrected chi connectivity index (χ4v) is 9.49. The topological polar surface area (TPSA) is 109 Å². The van der Waals surface area contributed by atoms with Gasteiger partial charge in [0.25, 0.3) is 10.1 Å². The maximum atomic E-state index is 14.2. The minimum Gasteiger partial charge on any atom is -0.382 e. The summed E-state index contributed by atoms with van der Waals surface area (Å²) in [6.07, 6.45) is -1.84. The zero-order valence-electron chi connectivity index (χ0n) is 35.9. The van der Waals surface area contributed by atoms with Crippen LogP contribution < -0.4 is 0 Å². The molecule has 0 fully saturated rings. The number of aliphatic hydroxyl groups excluding tert-OH is 1. The van der Waals surface area contributed by atoms with Gasteiger partial charge in [0.15, 0.2) is 0 Å². The first-order chi connectivity index (χ1) is 31.9. The summed E-state index contributed by atoms with van der Waals surface area (Å²) in [5.41, 5.74) is 4.81. The maximum absolute atomic E-state index is 14.2. The van der Waals surface area contributed by atoms with Crippen LogP contribution in [-0.2, 0) is 59.6 Å². The summed E-state index contributed by atoms with van der Waals surface area (Å²) in [4.78, 5) is 4.91.